The van der Waals surface area contributed by atoms with E-state index in [1.54, 1.807) is 13.0 Å². The Balaban J connectivity index is 1.62. The second kappa shape index (κ2) is 7.35. The van der Waals surface area contributed by atoms with Crippen LogP contribution in [0.1, 0.15) is 28.2 Å². The Morgan fingerprint density at radius 3 is 2.73 bits per heavy atom. The van der Waals surface area contributed by atoms with Gasteiger partial charge < -0.3 is 9.88 Å². The lowest BCUT2D eigenvalue weighted by Crippen LogP contribution is -2.26. The van der Waals surface area contributed by atoms with Crippen molar-refractivity contribution < 1.29 is 9.72 Å². The van der Waals surface area contributed by atoms with Crippen molar-refractivity contribution in [1.29, 1.82) is 0 Å². The average molecular weight is 352 g/mol. The van der Waals surface area contributed by atoms with E-state index >= 15 is 0 Å². The van der Waals surface area contributed by atoms with Crippen molar-refractivity contribution in [2.75, 3.05) is 6.54 Å². The molecule has 0 radical (unpaired) electrons. The van der Waals surface area contributed by atoms with Gasteiger partial charge in [-0.3, -0.25) is 14.9 Å². The van der Waals surface area contributed by atoms with Gasteiger partial charge in [0.15, 0.2) is 0 Å². The molecule has 7 heteroatoms. The first-order valence-corrected chi connectivity index (χ1v) is 8.43. The summed E-state index contributed by atoms with van der Waals surface area (Å²) in [6, 6.07) is 12.5. The van der Waals surface area contributed by atoms with Crippen molar-refractivity contribution in [3.05, 3.63) is 69.5 Å². The van der Waals surface area contributed by atoms with Crippen molar-refractivity contribution in [2.24, 2.45) is 0 Å². The van der Waals surface area contributed by atoms with Crippen LogP contribution in [0, 0.1) is 24.0 Å². The fraction of sp³-hybridized carbons (Fsp3) is 0.263. The van der Waals surface area contributed by atoms with Gasteiger partial charge >= 0.3 is 0 Å². The second-order valence-electron chi connectivity index (χ2n) is 6.12. The van der Waals surface area contributed by atoms with E-state index in [4.69, 9.17) is 0 Å². The minimum absolute atomic E-state index is 0.0434. The number of aryl methyl sites for hydroxylation is 2. The van der Waals surface area contributed by atoms with Gasteiger partial charge in [0.1, 0.15) is 5.82 Å². The van der Waals surface area contributed by atoms with Crippen molar-refractivity contribution in [3.8, 4) is 0 Å². The number of nitrogens with one attached hydrogen (secondary N) is 1. The summed E-state index contributed by atoms with van der Waals surface area (Å²) in [4.78, 5) is 27.4. The van der Waals surface area contributed by atoms with Crippen molar-refractivity contribution in [3.63, 3.8) is 0 Å². The number of fused-ring (bicyclic) bond motifs is 1. The molecule has 0 fully saturated rings. The molecule has 0 unspecified atom stereocenters. The molecule has 0 saturated carbocycles. The molecule has 3 aromatic rings. The highest BCUT2D eigenvalue weighted by atomic mass is 16.6. The summed E-state index contributed by atoms with van der Waals surface area (Å²) < 4.78 is 2.13. The van der Waals surface area contributed by atoms with Gasteiger partial charge in [0.2, 0.25) is 0 Å². The maximum atomic E-state index is 12.3. The lowest BCUT2D eigenvalue weighted by atomic mass is 10.1. The fourth-order valence-electron chi connectivity index (χ4n) is 3.08. The first kappa shape index (κ1) is 17.6. The molecule has 0 aliphatic heterocycles. The van der Waals surface area contributed by atoms with Gasteiger partial charge in [0, 0.05) is 30.3 Å². The Bertz CT molecular complexity index is 978. The van der Waals surface area contributed by atoms with Gasteiger partial charge in [0.05, 0.1) is 16.0 Å². The van der Waals surface area contributed by atoms with Crippen molar-refractivity contribution in [2.45, 2.75) is 26.8 Å². The lowest BCUT2D eigenvalue weighted by Gasteiger charge is -2.09. The van der Waals surface area contributed by atoms with E-state index in [-0.39, 0.29) is 11.6 Å². The van der Waals surface area contributed by atoms with Crippen LogP contribution in [0.15, 0.2) is 42.5 Å². The Morgan fingerprint density at radius 1 is 1.19 bits per heavy atom. The van der Waals surface area contributed by atoms with E-state index in [9.17, 15) is 14.9 Å². The second-order valence-corrected chi connectivity index (χ2v) is 6.12. The van der Waals surface area contributed by atoms with Crippen LogP contribution in [-0.2, 0) is 6.54 Å². The topological polar surface area (TPSA) is 90.1 Å². The Kier molecular flexibility index (Phi) is 4.97. The molecular formula is C19H20N4O3. The molecule has 134 valence electrons. The minimum atomic E-state index is -0.473. The molecular weight excluding hydrogens is 332 g/mol. The summed E-state index contributed by atoms with van der Waals surface area (Å²) in [5.74, 6) is 0.644. The van der Waals surface area contributed by atoms with Crippen LogP contribution in [-0.4, -0.2) is 26.9 Å². The highest BCUT2D eigenvalue weighted by molar-refractivity contribution is 5.96. The minimum Gasteiger partial charge on any atom is -0.352 e. The maximum Gasteiger partial charge on any atom is 0.273 e. The average Bonchev–Trinajstić information content (AvgIpc) is 2.93. The largest absolute Gasteiger partial charge is 0.352 e. The zero-order valence-electron chi connectivity index (χ0n) is 14.7. The van der Waals surface area contributed by atoms with Crippen molar-refractivity contribution in [1.82, 2.24) is 14.9 Å². The summed E-state index contributed by atoms with van der Waals surface area (Å²) >= 11 is 0. The molecule has 3 rings (SSSR count). The lowest BCUT2D eigenvalue weighted by molar-refractivity contribution is -0.385. The van der Waals surface area contributed by atoms with Crippen LogP contribution >= 0.6 is 0 Å². The molecule has 0 bridgehead atoms. The fourth-order valence-corrected chi connectivity index (χ4v) is 3.08. The zero-order valence-corrected chi connectivity index (χ0v) is 14.7. The Morgan fingerprint density at radius 2 is 1.96 bits per heavy atom. The number of hydrogen-bond donors (Lipinski definition) is 1. The van der Waals surface area contributed by atoms with Crippen LogP contribution in [0.2, 0.25) is 0 Å². The third-order valence-electron chi connectivity index (χ3n) is 4.44. The van der Waals surface area contributed by atoms with E-state index in [1.807, 2.05) is 31.2 Å². The molecule has 0 aliphatic carbocycles. The van der Waals surface area contributed by atoms with Crippen LogP contribution < -0.4 is 5.32 Å². The van der Waals surface area contributed by atoms with Gasteiger partial charge in [0.25, 0.3) is 11.6 Å². The number of nitro groups is 1. The molecule has 1 amide bonds. The number of rotatable bonds is 6. The number of hydrogen-bond acceptors (Lipinski definition) is 4. The number of aromatic nitrogens is 2. The molecule has 0 atom stereocenters. The SMILES string of the molecule is Cc1c(C(=O)NCCCn2c(C)nc3ccccc32)cccc1[N+](=O)[O-]. The standard InChI is InChI=1S/C19H20N4O3/c1-13-15(7-5-10-17(13)23(25)26)19(24)20-11-6-12-22-14(2)21-16-8-3-4-9-18(16)22/h3-5,7-10H,6,11-12H2,1-2H3,(H,20,24). The maximum absolute atomic E-state index is 12.3. The summed E-state index contributed by atoms with van der Waals surface area (Å²) in [5.41, 5.74) is 2.71. The van der Waals surface area contributed by atoms with Crippen LogP contribution in [0.4, 0.5) is 5.69 Å². The first-order chi connectivity index (χ1) is 12.5. The first-order valence-electron chi connectivity index (χ1n) is 8.43. The molecule has 0 spiro atoms. The Hall–Kier alpha value is -3.22. The zero-order chi connectivity index (χ0) is 18.7. The molecule has 0 aliphatic rings. The summed E-state index contributed by atoms with van der Waals surface area (Å²) in [7, 11) is 0. The summed E-state index contributed by atoms with van der Waals surface area (Å²) in [5, 5.41) is 13.8. The van der Waals surface area contributed by atoms with Gasteiger partial charge in [-0.05, 0) is 38.5 Å². The van der Waals surface area contributed by atoms with Crippen LogP contribution in [0.5, 0.6) is 0 Å². The number of benzene rings is 2. The quantitative estimate of drug-likeness (QED) is 0.418. The number of nitro benzene ring substituents is 1. The van der Waals surface area contributed by atoms with Gasteiger partial charge in [-0.25, -0.2) is 4.98 Å². The van der Waals surface area contributed by atoms with E-state index in [1.165, 1.54) is 12.1 Å². The predicted molar refractivity (Wildman–Crippen MR) is 99.3 cm³/mol. The van der Waals surface area contributed by atoms with Gasteiger partial charge in [-0.15, -0.1) is 0 Å². The molecule has 1 aromatic heterocycles. The monoisotopic (exact) mass is 352 g/mol. The van der Waals surface area contributed by atoms with E-state index in [0.29, 0.717) is 17.7 Å². The molecule has 1 heterocycles. The molecule has 7 nitrogen and oxygen atoms in total. The van der Waals surface area contributed by atoms with E-state index < -0.39 is 4.92 Å². The predicted octanol–water partition coefficient (Wildman–Crippen LogP) is 3.38. The van der Waals surface area contributed by atoms with Crippen LogP contribution in [0.25, 0.3) is 11.0 Å². The number of nitrogens with zero attached hydrogens (tertiary/aromatic N) is 3. The van der Waals surface area contributed by atoms with Gasteiger partial charge in [-0.2, -0.15) is 0 Å². The molecule has 0 saturated heterocycles. The van der Waals surface area contributed by atoms with Gasteiger partial charge in [-0.1, -0.05) is 18.2 Å². The van der Waals surface area contributed by atoms with Crippen LogP contribution in [0.3, 0.4) is 0 Å². The smallest absolute Gasteiger partial charge is 0.273 e. The van der Waals surface area contributed by atoms with E-state index in [2.05, 4.69) is 14.9 Å². The normalized spacial score (nSPS) is 10.8. The van der Waals surface area contributed by atoms with Crippen molar-refractivity contribution >= 4 is 22.6 Å². The highest BCUT2D eigenvalue weighted by Gasteiger charge is 2.17. The summed E-state index contributed by atoms with van der Waals surface area (Å²) in [6.07, 6.45) is 0.737. The molecule has 2 aromatic carbocycles. The third kappa shape index (κ3) is 3.42. The summed E-state index contributed by atoms with van der Waals surface area (Å²) in [6.45, 7) is 4.77. The molecule has 26 heavy (non-hydrogen) atoms. The Labute approximate surface area is 150 Å². The molecule has 1 N–H and O–H groups in total. The highest BCUT2D eigenvalue weighted by Crippen LogP contribution is 2.21. The number of amides is 1. The number of carbonyl (C=O) groups excluding carboxylic acids is 1. The number of para-hydroxylation sites is 2. The number of carbonyl (C=O) groups is 1. The van der Waals surface area contributed by atoms with E-state index in [0.717, 1.165) is 29.8 Å². The third-order valence-corrected chi connectivity index (χ3v) is 4.44. The number of imidazole rings is 1.